The molecule has 0 aliphatic heterocycles. The number of rotatable bonds is 6. The monoisotopic (exact) mass is 367 g/mol. The smallest absolute Gasteiger partial charge is 0.343 e. The Morgan fingerprint density at radius 3 is 2.81 bits per heavy atom. The number of nitrogens with one attached hydrogen (secondary N) is 2. The summed E-state index contributed by atoms with van der Waals surface area (Å²) in [5.41, 5.74) is 3.15. The maximum absolute atomic E-state index is 12.5. The summed E-state index contributed by atoms with van der Waals surface area (Å²) >= 11 is 0. The molecule has 0 aliphatic carbocycles. The number of carbonyl (C=O) groups excluding carboxylic acids is 1. The summed E-state index contributed by atoms with van der Waals surface area (Å²) in [7, 11) is 3.21. The zero-order valence-corrected chi connectivity index (χ0v) is 15.4. The lowest BCUT2D eigenvalue weighted by Crippen LogP contribution is -2.27. The van der Waals surface area contributed by atoms with E-state index in [1.165, 1.54) is 4.57 Å². The highest BCUT2D eigenvalue weighted by Crippen LogP contribution is 2.25. The summed E-state index contributed by atoms with van der Waals surface area (Å²) in [5.74, 6) is 0.961. The van der Waals surface area contributed by atoms with Crippen LogP contribution in [-0.2, 0) is 13.5 Å². The second-order valence-corrected chi connectivity index (χ2v) is 6.13. The SMILES string of the molecule is COc1cc(C)c(-c2cccc(C(=O)NCCc3n[nH]c(=O)n3C)c2)cn1. The van der Waals surface area contributed by atoms with Crippen LogP contribution in [0.5, 0.6) is 5.88 Å². The summed E-state index contributed by atoms with van der Waals surface area (Å²) in [6, 6.07) is 9.22. The molecule has 1 aromatic carbocycles. The van der Waals surface area contributed by atoms with Crippen molar-refractivity contribution in [2.75, 3.05) is 13.7 Å². The van der Waals surface area contributed by atoms with E-state index in [9.17, 15) is 9.59 Å². The van der Waals surface area contributed by atoms with Gasteiger partial charge in [0.15, 0.2) is 0 Å². The summed E-state index contributed by atoms with van der Waals surface area (Å²) in [4.78, 5) is 28.0. The van der Waals surface area contributed by atoms with Crippen molar-refractivity contribution in [3.63, 3.8) is 0 Å². The molecule has 0 aliphatic rings. The molecule has 0 radical (unpaired) electrons. The number of benzene rings is 1. The maximum Gasteiger partial charge on any atom is 0.343 e. The van der Waals surface area contributed by atoms with Gasteiger partial charge in [-0.2, -0.15) is 5.10 Å². The summed E-state index contributed by atoms with van der Waals surface area (Å²) < 4.78 is 6.56. The van der Waals surface area contributed by atoms with Crippen LogP contribution in [0.4, 0.5) is 0 Å². The van der Waals surface area contributed by atoms with Crippen molar-refractivity contribution in [1.29, 1.82) is 0 Å². The minimum atomic E-state index is -0.271. The lowest BCUT2D eigenvalue weighted by atomic mass is 10.0. The highest BCUT2D eigenvalue weighted by molar-refractivity contribution is 5.95. The molecular weight excluding hydrogens is 346 g/mol. The van der Waals surface area contributed by atoms with E-state index in [0.29, 0.717) is 30.2 Å². The molecule has 2 aromatic heterocycles. The Balaban J connectivity index is 1.70. The highest BCUT2D eigenvalue weighted by Gasteiger charge is 2.10. The van der Waals surface area contributed by atoms with Gasteiger partial charge in [-0.05, 0) is 30.2 Å². The number of hydrogen-bond donors (Lipinski definition) is 2. The van der Waals surface area contributed by atoms with E-state index >= 15 is 0 Å². The van der Waals surface area contributed by atoms with Crippen molar-refractivity contribution in [1.82, 2.24) is 25.1 Å². The van der Waals surface area contributed by atoms with Gasteiger partial charge in [-0.15, -0.1) is 0 Å². The molecular formula is C19H21N5O3. The summed E-state index contributed by atoms with van der Waals surface area (Å²) in [6.07, 6.45) is 2.20. The zero-order valence-electron chi connectivity index (χ0n) is 15.4. The number of methoxy groups -OCH3 is 1. The predicted octanol–water partition coefficient (Wildman–Crippen LogP) is 1.46. The van der Waals surface area contributed by atoms with Crippen LogP contribution >= 0.6 is 0 Å². The van der Waals surface area contributed by atoms with Gasteiger partial charge in [-0.25, -0.2) is 14.9 Å². The first kappa shape index (κ1) is 18.4. The van der Waals surface area contributed by atoms with Gasteiger partial charge in [0.25, 0.3) is 5.91 Å². The molecule has 3 aromatic rings. The van der Waals surface area contributed by atoms with E-state index in [1.54, 1.807) is 26.4 Å². The van der Waals surface area contributed by atoms with Crippen LogP contribution in [-0.4, -0.2) is 39.3 Å². The summed E-state index contributed by atoms with van der Waals surface area (Å²) in [5, 5.41) is 9.15. The number of aromatic nitrogens is 4. The number of ether oxygens (including phenoxy) is 1. The topological polar surface area (TPSA) is 102 Å². The molecule has 27 heavy (non-hydrogen) atoms. The van der Waals surface area contributed by atoms with Gasteiger partial charge >= 0.3 is 5.69 Å². The van der Waals surface area contributed by atoms with Crippen molar-refractivity contribution in [2.24, 2.45) is 7.05 Å². The third-order valence-corrected chi connectivity index (χ3v) is 4.34. The molecule has 2 heterocycles. The van der Waals surface area contributed by atoms with Gasteiger partial charge in [-0.3, -0.25) is 9.36 Å². The third-order valence-electron chi connectivity index (χ3n) is 4.34. The van der Waals surface area contributed by atoms with Crippen molar-refractivity contribution >= 4 is 5.91 Å². The molecule has 0 saturated carbocycles. The number of aryl methyl sites for hydroxylation is 1. The average Bonchev–Trinajstić information content (AvgIpc) is 3.00. The van der Waals surface area contributed by atoms with Crippen molar-refractivity contribution < 1.29 is 9.53 Å². The molecule has 140 valence electrons. The molecule has 2 N–H and O–H groups in total. The summed E-state index contributed by atoms with van der Waals surface area (Å²) in [6.45, 7) is 2.35. The van der Waals surface area contributed by atoms with Crippen LogP contribution in [0.2, 0.25) is 0 Å². The average molecular weight is 367 g/mol. The fourth-order valence-corrected chi connectivity index (χ4v) is 2.77. The van der Waals surface area contributed by atoms with E-state index in [4.69, 9.17) is 4.74 Å². The number of H-pyrrole nitrogens is 1. The van der Waals surface area contributed by atoms with Crippen LogP contribution in [0.15, 0.2) is 41.3 Å². The first-order valence-electron chi connectivity index (χ1n) is 8.49. The number of carbonyl (C=O) groups is 1. The molecule has 0 atom stereocenters. The number of amides is 1. The van der Waals surface area contributed by atoms with E-state index in [-0.39, 0.29) is 11.6 Å². The Bertz CT molecular complexity index is 1020. The predicted molar refractivity (Wildman–Crippen MR) is 101 cm³/mol. The quantitative estimate of drug-likeness (QED) is 0.687. The maximum atomic E-state index is 12.5. The minimum Gasteiger partial charge on any atom is -0.481 e. The lowest BCUT2D eigenvalue weighted by Gasteiger charge is -2.10. The van der Waals surface area contributed by atoms with Gasteiger partial charge in [0, 0.05) is 43.4 Å². The Morgan fingerprint density at radius 1 is 1.33 bits per heavy atom. The zero-order chi connectivity index (χ0) is 19.4. The number of aromatic amines is 1. The van der Waals surface area contributed by atoms with Crippen molar-refractivity contribution in [3.05, 3.63) is 64.0 Å². The van der Waals surface area contributed by atoms with Gasteiger partial charge < -0.3 is 10.1 Å². The largest absolute Gasteiger partial charge is 0.481 e. The molecule has 8 heteroatoms. The first-order chi connectivity index (χ1) is 13.0. The molecule has 0 fully saturated rings. The van der Waals surface area contributed by atoms with Gasteiger partial charge in [0.2, 0.25) is 5.88 Å². The number of pyridine rings is 1. The second kappa shape index (κ2) is 7.86. The van der Waals surface area contributed by atoms with E-state index < -0.39 is 0 Å². The number of hydrogen-bond acceptors (Lipinski definition) is 5. The van der Waals surface area contributed by atoms with Crippen LogP contribution in [0, 0.1) is 6.92 Å². The molecule has 3 rings (SSSR count). The Labute approximate surface area is 156 Å². The molecule has 0 spiro atoms. The van der Waals surface area contributed by atoms with E-state index in [2.05, 4.69) is 20.5 Å². The van der Waals surface area contributed by atoms with Crippen LogP contribution in [0.25, 0.3) is 11.1 Å². The normalized spacial score (nSPS) is 10.6. The van der Waals surface area contributed by atoms with Gasteiger partial charge in [0.1, 0.15) is 5.82 Å². The van der Waals surface area contributed by atoms with Crippen molar-refractivity contribution in [3.8, 4) is 17.0 Å². The van der Waals surface area contributed by atoms with E-state index in [1.807, 2.05) is 31.2 Å². The fourth-order valence-electron chi connectivity index (χ4n) is 2.77. The fraction of sp³-hybridized carbons (Fsp3) is 0.263. The van der Waals surface area contributed by atoms with Crippen LogP contribution in [0.1, 0.15) is 21.7 Å². The minimum absolute atomic E-state index is 0.184. The third kappa shape index (κ3) is 4.05. The van der Waals surface area contributed by atoms with E-state index in [0.717, 1.165) is 16.7 Å². The Hall–Kier alpha value is -3.42. The van der Waals surface area contributed by atoms with Crippen molar-refractivity contribution in [2.45, 2.75) is 13.3 Å². The van der Waals surface area contributed by atoms with Crippen LogP contribution in [0.3, 0.4) is 0 Å². The Kier molecular flexibility index (Phi) is 5.35. The molecule has 0 bridgehead atoms. The molecule has 8 nitrogen and oxygen atoms in total. The first-order valence-corrected chi connectivity index (χ1v) is 8.49. The molecule has 0 unspecified atom stereocenters. The van der Waals surface area contributed by atoms with Crippen LogP contribution < -0.4 is 15.7 Å². The molecule has 0 saturated heterocycles. The van der Waals surface area contributed by atoms with Gasteiger partial charge in [-0.1, -0.05) is 12.1 Å². The Morgan fingerprint density at radius 2 is 2.15 bits per heavy atom. The number of nitrogens with zero attached hydrogens (tertiary/aromatic N) is 3. The lowest BCUT2D eigenvalue weighted by molar-refractivity contribution is 0.0954. The highest BCUT2D eigenvalue weighted by atomic mass is 16.5. The van der Waals surface area contributed by atoms with Gasteiger partial charge in [0.05, 0.1) is 7.11 Å². The standard InChI is InChI=1S/C19H21N5O3/c1-12-9-17(27-3)21-11-15(12)13-5-4-6-14(10-13)18(25)20-8-7-16-22-23-19(26)24(16)2/h4-6,9-11H,7-8H2,1-3H3,(H,20,25)(H,23,26). The molecule has 1 amide bonds. The second-order valence-electron chi connectivity index (χ2n) is 6.13.